The molecule has 0 saturated carbocycles. The van der Waals surface area contributed by atoms with Crippen LogP contribution in [0, 0.1) is 0 Å². The molecule has 102 valence electrons. The molecule has 1 aromatic carbocycles. The molecule has 0 spiro atoms. The van der Waals surface area contributed by atoms with Crippen LogP contribution in [-0.4, -0.2) is 37.5 Å². The van der Waals surface area contributed by atoms with Gasteiger partial charge in [0.25, 0.3) is 10.1 Å². The van der Waals surface area contributed by atoms with E-state index in [2.05, 4.69) is 18.9 Å². The molecule has 1 aromatic rings. The molecule has 0 bridgehead atoms. The van der Waals surface area contributed by atoms with Crippen LogP contribution in [0.5, 0.6) is 0 Å². The van der Waals surface area contributed by atoms with Crippen molar-refractivity contribution in [1.29, 1.82) is 0 Å². The Hall–Kier alpha value is -0.910. The molecule has 5 heteroatoms. The van der Waals surface area contributed by atoms with Gasteiger partial charge in [-0.1, -0.05) is 30.3 Å². The van der Waals surface area contributed by atoms with Crippen LogP contribution in [0.25, 0.3) is 0 Å². The summed E-state index contributed by atoms with van der Waals surface area (Å²) in [6, 6.07) is 9.37. The topological polar surface area (TPSA) is 57.6 Å². The minimum absolute atomic E-state index is 0.312. The van der Waals surface area contributed by atoms with Crippen molar-refractivity contribution in [2.45, 2.75) is 31.6 Å². The molecule has 1 fully saturated rings. The Balaban J connectivity index is 0.000000199. The van der Waals surface area contributed by atoms with E-state index >= 15 is 0 Å². The Morgan fingerprint density at radius 2 is 1.94 bits per heavy atom. The maximum Gasteiger partial charge on any atom is 0.269 e. The van der Waals surface area contributed by atoms with Crippen LogP contribution in [0.15, 0.2) is 30.3 Å². The number of benzene rings is 1. The van der Waals surface area contributed by atoms with Gasteiger partial charge in [-0.3, -0.25) is 4.55 Å². The van der Waals surface area contributed by atoms with Crippen molar-refractivity contribution in [1.82, 2.24) is 4.90 Å². The first kappa shape index (κ1) is 15.1. The highest BCUT2D eigenvalue weighted by molar-refractivity contribution is 7.85. The summed E-state index contributed by atoms with van der Waals surface area (Å²) < 4.78 is 29.2. The molecule has 1 saturated heterocycles. The molecular formula is C13H21NO3S. The highest BCUT2D eigenvalue weighted by Gasteiger charge is 2.14. The largest absolute Gasteiger partial charge is 0.304 e. The molecule has 18 heavy (non-hydrogen) atoms. The summed E-state index contributed by atoms with van der Waals surface area (Å²) in [5.74, 6) is -0.312. The lowest BCUT2D eigenvalue weighted by Crippen LogP contribution is -2.20. The van der Waals surface area contributed by atoms with Crippen LogP contribution in [0.3, 0.4) is 0 Å². The van der Waals surface area contributed by atoms with E-state index in [-0.39, 0.29) is 5.75 Å². The van der Waals surface area contributed by atoms with Crippen LogP contribution in [0.2, 0.25) is 0 Å². The van der Waals surface area contributed by atoms with Crippen molar-refractivity contribution < 1.29 is 13.0 Å². The van der Waals surface area contributed by atoms with Crippen LogP contribution in [0.4, 0.5) is 0 Å². The Labute approximate surface area is 109 Å². The van der Waals surface area contributed by atoms with Crippen molar-refractivity contribution in [3.05, 3.63) is 35.9 Å². The zero-order chi connectivity index (χ0) is 13.6. The van der Waals surface area contributed by atoms with Gasteiger partial charge in [-0.05, 0) is 38.9 Å². The number of hydrogen-bond acceptors (Lipinski definition) is 3. The van der Waals surface area contributed by atoms with Crippen LogP contribution >= 0.6 is 0 Å². The lowest BCUT2D eigenvalue weighted by atomic mass is 10.2. The van der Waals surface area contributed by atoms with Gasteiger partial charge in [-0.25, -0.2) is 0 Å². The standard InChI is InChI=1S/C7H8O3S.C6H13N/c8-11(9,10)6-7-4-2-1-3-5-7;1-6-4-3-5-7(6)2/h1-5H,6H2,(H,8,9,10);6H,3-5H2,1-2H3. The normalized spacial score (nSPS) is 20.3. The molecule has 0 aliphatic carbocycles. The summed E-state index contributed by atoms with van der Waals surface area (Å²) in [4.78, 5) is 2.40. The fraction of sp³-hybridized carbons (Fsp3) is 0.538. The predicted octanol–water partition coefficient (Wildman–Crippen LogP) is 2.17. The number of likely N-dealkylation sites (tertiary alicyclic amines) is 1. The number of rotatable bonds is 2. The fourth-order valence-corrected chi connectivity index (χ4v) is 2.48. The SMILES string of the molecule is CC1CCCN1C.O=S(=O)(O)Cc1ccccc1. The smallest absolute Gasteiger partial charge is 0.269 e. The van der Waals surface area contributed by atoms with Crippen molar-refractivity contribution in [2.75, 3.05) is 13.6 Å². The third kappa shape index (κ3) is 6.14. The van der Waals surface area contributed by atoms with Gasteiger partial charge in [0.15, 0.2) is 0 Å². The van der Waals surface area contributed by atoms with Crippen molar-refractivity contribution in [3.63, 3.8) is 0 Å². The third-order valence-corrected chi connectivity index (χ3v) is 3.78. The van der Waals surface area contributed by atoms with Gasteiger partial charge in [-0.2, -0.15) is 8.42 Å². The molecule has 1 unspecified atom stereocenters. The van der Waals surface area contributed by atoms with Gasteiger partial charge in [0.1, 0.15) is 5.75 Å². The van der Waals surface area contributed by atoms with Crippen molar-refractivity contribution in [3.8, 4) is 0 Å². The van der Waals surface area contributed by atoms with Gasteiger partial charge < -0.3 is 4.90 Å². The lowest BCUT2D eigenvalue weighted by Gasteiger charge is -2.12. The molecule has 0 amide bonds. The number of hydrogen-bond donors (Lipinski definition) is 1. The predicted molar refractivity (Wildman–Crippen MR) is 73.0 cm³/mol. The second-order valence-corrected chi connectivity index (χ2v) is 6.14. The van der Waals surface area contributed by atoms with E-state index in [9.17, 15) is 8.42 Å². The summed E-state index contributed by atoms with van der Waals surface area (Å²) >= 11 is 0. The van der Waals surface area contributed by atoms with E-state index in [0.717, 1.165) is 6.04 Å². The second-order valence-electron chi connectivity index (χ2n) is 4.68. The molecule has 2 rings (SSSR count). The average Bonchev–Trinajstić information content (AvgIpc) is 2.63. The Morgan fingerprint density at radius 3 is 2.28 bits per heavy atom. The molecule has 1 N–H and O–H groups in total. The van der Waals surface area contributed by atoms with Gasteiger partial charge >= 0.3 is 0 Å². The maximum atomic E-state index is 10.4. The first-order valence-corrected chi connectivity index (χ1v) is 7.69. The van der Waals surface area contributed by atoms with E-state index in [4.69, 9.17) is 4.55 Å². The molecule has 1 atom stereocenters. The summed E-state index contributed by atoms with van der Waals surface area (Å²) in [7, 11) is -1.69. The van der Waals surface area contributed by atoms with Gasteiger partial charge in [0.2, 0.25) is 0 Å². The van der Waals surface area contributed by atoms with Crippen molar-refractivity contribution in [2.24, 2.45) is 0 Å². The lowest BCUT2D eigenvalue weighted by molar-refractivity contribution is 0.331. The Morgan fingerprint density at radius 1 is 1.33 bits per heavy atom. The summed E-state index contributed by atoms with van der Waals surface area (Å²) in [6.07, 6.45) is 2.80. The summed E-state index contributed by atoms with van der Waals surface area (Å²) in [6.45, 7) is 3.59. The van der Waals surface area contributed by atoms with Gasteiger partial charge in [0.05, 0.1) is 0 Å². The zero-order valence-electron chi connectivity index (χ0n) is 10.9. The van der Waals surface area contributed by atoms with Crippen LogP contribution in [0.1, 0.15) is 25.3 Å². The average molecular weight is 271 g/mol. The van der Waals surface area contributed by atoms with E-state index in [1.807, 2.05) is 0 Å². The summed E-state index contributed by atoms with van der Waals surface area (Å²) in [5, 5.41) is 0. The zero-order valence-corrected chi connectivity index (χ0v) is 11.7. The quantitative estimate of drug-likeness (QED) is 0.838. The van der Waals surface area contributed by atoms with Gasteiger partial charge in [-0.15, -0.1) is 0 Å². The Kier molecular flexibility index (Phi) is 5.78. The highest BCUT2D eigenvalue weighted by Crippen LogP contribution is 2.12. The van der Waals surface area contributed by atoms with Crippen LogP contribution in [-0.2, 0) is 15.9 Å². The molecule has 0 radical (unpaired) electrons. The minimum atomic E-state index is -3.88. The highest BCUT2D eigenvalue weighted by atomic mass is 32.2. The molecular weight excluding hydrogens is 250 g/mol. The minimum Gasteiger partial charge on any atom is -0.304 e. The van der Waals surface area contributed by atoms with E-state index < -0.39 is 10.1 Å². The molecule has 1 aliphatic rings. The van der Waals surface area contributed by atoms with E-state index in [1.165, 1.54) is 19.4 Å². The number of nitrogens with zero attached hydrogens (tertiary/aromatic N) is 1. The van der Waals surface area contributed by atoms with Crippen LogP contribution < -0.4 is 0 Å². The fourth-order valence-electron chi connectivity index (χ4n) is 1.86. The first-order valence-electron chi connectivity index (χ1n) is 6.08. The van der Waals surface area contributed by atoms with E-state index in [1.54, 1.807) is 30.3 Å². The third-order valence-electron chi connectivity index (χ3n) is 3.08. The first-order chi connectivity index (χ1) is 8.38. The Bertz CT molecular complexity index is 437. The molecule has 1 heterocycles. The van der Waals surface area contributed by atoms with E-state index in [0.29, 0.717) is 5.56 Å². The molecule has 1 aliphatic heterocycles. The summed E-state index contributed by atoms with van der Waals surface area (Å²) in [5.41, 5.74) is 0.593. The second kappa shape index (κ2) is 6.87. The monoisotopic (exact) mass is 271 g/mol. The van der Waals surface area contributed by atoms with Gasteiger partial charge in [0, 0.05) is 6.04 Å². The van der Waals surface area contributed by atoms with Crippen molar-refractivity contribution >= 4 is 10.1 Å². The molecule has 4 nitrogen and oxygen atoms in total. The molecule has 0 aromatic heterocycles. The maximum absolute atomic E-state index is 10.4.